The normalized spacial score (nSPS) is 9.89. The molecule has 0 aliphatic carbocycles. The first-order chi connectivity index (χ1) is 13.6. The maximum Gasteiger partial charge on any atom is 0.258 e. The third-order valence-electron chi connectivity index (χ3n) is 3.85. The van der Waals surface area contributed by atoms with Crippen LogP contribution in [0.25, 0.3) is 0 Å². The summed E-state index contributed by atoms with van der Waals surface area (Å²) in [5.41, 5.74) is 1.79. The average molecular weight is 375 g/mol. The van der Waals surface area contributed by atoms with Crippen molar-refractivity contribution in [2.24, 2.45) is 0 Å². The SMILES string of the molecule is COc1ccc(Nc2ncc(C(=O)Nc3ccccc3C#N)cn2)cc1OC. The van der Waals surface area contributed by atoms with Crippen molar-refractivity contribution in [3.8, 4) is 17.6 Å². The predicted molar refractivity (Wildman–Crippen MR) is 104 cm³/mol. The van der Waals surface area contributed by atoms with Gasteiger partial charge in [-0.05, 0) is 24.3 Å². The van der Waals surface area contributed by atoms with Gasteiger partial charge < -0.3 is 20.1 Å². The van der Waals surface area contributed by atoms with Gasteiger partial charge in [0.05, 0.1) is 31.0 Å². The lowest BCUT2D eigenvalue weighted by Gasteiger charge is -2.10. The zero-order chi connectivity index (χ0) is 19.9. The van der Waals surface area contributed by atoms with Gasteiger partial charge in [-0.2, -0.15) is 5.26 Å². The Morgan fingerprint density at radius 2 is 1.75 bits per heavy atom. The number of para-hydroxylation sites is 1. The van der Waals surface area contributed by atoms with E-state index >= 15 is 0 Å². The topological polar surface area (TPSA) is 109 Å². The van der Waals surface area contributed by atoms with Gasteiger partial charge in [0.25, 0.3) is 5.91 Å². The summed E-state index contributed by atoms with van der Waals surface area (Å²) in [6, 6.07) is 14.1. The third-order valence-corrected chi connectivity index (χ3v) is 3.85. The molecule has 28 heavy (non-hydrogen) atoms. The number of nitriles is 1. The molecule has 8 nitrogen and oxygen atoms in total. The molecule has 0 bridgehead atoms. The molecular formula is C20H17N5O3. The van der Waals surface area contributed by atoms with Crippen LogP contribution in [0.3, 0.4) is 0 Å². The minimum absolute atomic E-state index is 0.269. The number of aromatic nitrogens is 2. The fourth-order valence-electron chi connectivity index (χ4n) is 2.44. The van der Waals surface area contributed by atoms with Crippen LogP contribution in [0.1, 0.15) is 15.9 Å². The quantitative estimate of drug-likeness (QED) is 0.680. The molecule has 1 heterocycles. The van der Waals surface area contributed by atoms with Crippen LogP contribution < -0.4 is 20.1 Å². The van der Waals surface area contributed by atoms with Gasteiger partial charge in [-0.15, -0.1) is 0 Å². The lowest BCUT2D eigenvalue weighted by molar-refractivity contribution is 0.102. The Kier molecular flexibility index (Phi) is 5.67. The van der Waals surface area contributed by atoms with Crippen LogP contribution in [0, 0.1) is 11.3 Å². The number of carbonyl (C=O) groups excluding carboxylic acids is 1. The summed E-state index contributed by atoms with van der Waals surface area (Å²) in [5, 5.41) is 14.8. The summed E-state index contributed by atoms with van der Waals surface area (Å²) < 4.78 is 10.5. The summed E-state index contributed by atoms with van der Waals surface area (Å²) >= 11 is 0. The van der Waals surface area contributed by atoms with Crippen molar-refractivity contribution in [3.05, 3.63) is 66.0 Å². The van der Waals surface area contributed by atoms with Gasteiger partial charge in [-0.3, -0.25) is 4.79 Å². The summed E-state index contributed by atoms with van der Waals surface area (Å²) in [7, 11) is 3.11. The molecule has 0 saturated heterocycles. The molecule has 140 valence electrons. The number of carbonyl (C=O) groups is 1. The van der Waals surface area contributed by atoms with Gasteiger partial charge in [0.2, 0.25) is 5.95 Å². The molecule has 3 rings (SSSR count). The van der Waals surface area contributed by atoms with Crippen LogP contribution in [0.15, 0.2) is 54.9 Å². The highest BCUT2D eigenvalue weighted by Gasteiger charge is 2.11. The Hall–Kier alpha value is -4.12. The van der Waals surface area contributed by atoms with Crippen molar-refractivity contribution < 1.29 is 14.3 Å². The first kappa shape index (κ1) is 18.7. The molecule has 8 heteroatoms. The van der Waals surface area contributed by atoms with Crippen LogP contribution in [-0.2, 0) is 0 Å². The van der Waals surface area contributed by atoms with Crippen LogP contribution in [0.4, 0.5) is 17.3 Å². The van der Waals surface area contributed by atoms with Crippen molar-refractivity contribution in [3.63, 3.8) is 0 Å². The maximum atomic E-state index is 12.4. The molecule has 1 aromatic heterocycles. The number of rotatable bonds is 6. The fourth-order valence-corrected chi connectivity index (χ4v) is 2.44. The molecule has 0 fully saturated rings. The van der Waals surface area contributed by atoms with Crippen molar-refractivity contribution in [2.75, 3.05) is 24.9 Å². The minimum Gasteiger partial charge on any atom is -0.493 e. The standard InChI is InChI=1S/C20H17N5O3/c1-27-17-8-7-15(9-18(17)28-2)24-20-22-11-14(12-23-20)19(26)25-16-6-4-3-5-13(16)10-21/h3-9,11-12H,1-2H3,(H,25,26)(H,22,23,24). The molecule has 1 amide bonds. The summed E-state index contributed by atoms with van der Waals surface area (Å²) in [4.78, 5) is 20.7. The molecule has 2 aromatic carbocycles. The molecule has 0 radical (unpaired) electrons. The summed E-state index contributed by atoms with van der Waals surface area (Å²) in [5.74, 6) is 1.10. The second kappa shape index (κ2) is 8.51. The van der Waals surface area contributed by atoms with Crippen LogP contribution in [-0.4, -0.2) is 30.1 Å². The van der Waals surface area contributed by atoms with Crippen LogP contribution >= 0.6 is 0 Å². The number of ether oxygens (including phenoxy) is 2. The average Bonchev–Trinajstić information content (AvgIpc) is 2.74. The van der Waals surface area contributed by atoms with Crippen molar-refractivity contribution >= 4 is 23.2 Å². The van der Waals surface area contributed by atoms with E-state index in [9.17, 15) is 4.79 Å². The first-order valence-corrected chi connectivity index (χ1v) is 8.26. The molecular weight excluding hydrogens is 358 g/mol. The molecule has 3 aromatic rings. The van der Waals surface area contributed by atoms with Crippen molar-refractivity contribution in [2.45, 2.75) is 0 Å². The fraction of sp³-hybridized carbons (Fsp3) is 0.100. The second-order valence-electron chi connectivity index (χ2n) is 5.60. The molecule has 2 N–H and O–H groups in total. The molecule has 0 unspecified atom stereocenters. The molecule has 0 aliphatic rings. The maximum absolute atomic E-state index is 12.4. The summed E-state index contributed by atoms with van der Waals surface area (Å²) in [6.45, 7) is 0. The first-order valence-electron chi connectivity index (χ1n) is 8.26. The van der Waals surface area contributed by atoms with E-state index in [4.69, 9.17) is 14.7 Å². The molecule has 0 atom stereocenters. The monoisotopic (exact) mass is 375 g/mol. The lowest BCUT2D eigenvalue weighted by atomic mass is 10.2. The number of anilines is 3. The van der Waals surface area contributed by atoms with Gasteiger partial charge in [-0.1, -0.05) is 12.1 Å². The predicted octanol–water partition coefficient (Wildman–Crippen LogP) is 3.36. The Morgan fingerprint density at radius 3 is 2.43 bits per heavy atom. The van der Waals surface area contributed by atoms with Gasteiger partial charge in [-0.25, -0.2) is 9.97 Å². The number of hydrogen-bond donors (Lipinski definition) is 2. The smallest absolute Gasteiger partial charge is 0.258 e. The van der Waals surface area contributed by atoms with E-state index in [-0.39, 0.29) is 5.56 Å². The Bertz CT molecular complexity index is 1030. The van der Waals surface area contributed by atoms with Crippen LogP contribution in [0.5, 0.6) is 11.5 Å². The Labute approximate surface area is 161 Å². The van der Waals surface area contributed by atoms with Gasteiger partial charge in [0, 0.05) is 24.1 Å². The van der Waals surface area contributed by atoms with Gasteiger partial charge in [0.15, 0.2) is 11.5 Å². The van der Waals surface area contributed by atoms with E-state index in [1.807, 2.05) is 6.07 Å². The lowest BCUT2D eigenvalue weighted by Crippen LogP contribution is -2.14. The van der Waals surface area contributed by atoms with E-state index < -0.39 is 5.91 Å². The summed E-state index contributed by atoms with van der Waals surface area (Å²) in [6.07, 6.45) is 2.81. The van der Waals surface area contributed by atoms with E-state index in [1.165, 1.54) is 12.4 Å². The van der Waals surface area contributed by atoms with Crippen molar-refractivity contribution in [1.29, 1.82) is 5.26 Å². The zero-order valence-electron chi connectivity index (χ0n) is 15.3. The number of methoxy groups -OCH3 is 2. The van der Waals surface area contributed by atoms with E-state index in [0.717, 1.165) is 0 Å². The highest BCUT2D eigenvalue weighted by Crippen LogP contribution is 2.30. The number of benzene rings is 2. The van der Waals surface area contributed by atoms with Crippen LogP contribution in [0.2, 0.25) is 0 Å². The minimum atomic E-state index is -0.402. The van der Waals surface area contributed by atoms with E-state index in [0.29, 0.717) is 34.4 Å². The second-order valence-corrected chi connectivity index (χ2v) is 5.60. The zero-order valence-corrected chi connectivity index (χ0v) is 15.3. The molecule has 0 aliphatic heterocycles. The Morgan fingerprint density at radius 1 is 1.04 bits per heavy atom. The Balaban J connectivity index is 1.71. The van der Waals surface area contributed by atoms with Gasteiger partial charge in [0.1, 0.15) is 6.07 Å². The number of nitrogens with one attached hydrogen (secondary N) is 2. The highest BCUT2D eigenvalue weighted by atomic mass is 16.5. The number of hydrogen-bond acceptors (Lipinski definition) is 7. The number of amides is 1. The third kappa shape index (κ3) is 4.16. The largest absolute Gasteiger partial charge is 0.493 e. The van der Waals surface area contributed by atoms with E-state index in [1.54, 1.807) is 56.7 Å². The van der Waals surface area contributed by atoms with Crippen molar-refractivity contribution in [1.82, 2.24) is 9.97 Å². The molecule has 0 saturated carbocycles. The van der Waals surface area contributed by atoms with E-state index in [2.05, 4.69) is 20.6 Å². The van der Waals surface area contributed by atoms with Gasteiger partial charge >= 0.3 is 0 Å². The molecule has 0 spiro atoms. The highest BCUT2D eigenvalue weighted by molar-refractivity contribution is 6.04. The number of nitrogens with zero attached hydrogens (tertiary/aromatic N) is 3.